The van der Waals surface area contributed by atoms with Gasteiger partial charge in [-0.2, -0.15) is 5.10 Å². The molecule has 2 rings (SSSR count). The lowest BCUT2D eigenvalue weighted by atomic mass is 10.2. The molecule has 0 aliphatic rings. The third-order valence-corrected chi connectivity index (χ3v) is 3.85. The Labute approximate surface area is 155 Å². The average Bonchev–Trinajstić information content (AvgIpc) is 3.06. The van der Waals surface area contributed by atoms with Gasteiger partial charge in [-0.25, -0.2) is 0 Å². The van der Waals surface area contributed by atoms with Crippen LogP contribution in [0.25, 0.3) is 0 Å². The number of aromatic nitrogens is 2. The molecule has 0 saturated heterocycles. The smallest absolute Gasteiger partial charge is 0.191 e. The van der Waals surface area contributed by atoms with Gasteiger partial charge in [-0.1, -0.05) is 6.07 Å². The van der Waals surface area contributed by atoms with Crippen LogP contribution in [0, 0.1) is 0 Å². The topological polar surface area (TPSA) is 72.7 Å². The summed E-state index contributed by atoms with van der Waals surface area (Å²) in [6.07, 6.45) is 5.96. The number of hydrogen-bond acceptors (Lipinski definition) is 4. The molecule has 1 heterocycles. The van der Waals surface area contributed by atoms with Gasteiger partial charge >= 0.3 is 0 Å². The van der Waals surface area contributed by atoms with Crippen molar-refractivity contribution in [1.29, 1.82) is 0 Å². The molecule has 0 saturated carbocycles. The van der Waals surface area contributed by atoms with E-state index >= 15 is 0 Å². The molecular formula is C19H29N5O2. The summed E-state index contributed by atoms with van der Waals surface area (Å²) in [6, 6.07) is 7.61. The summed E-state index contributed by atoms with van der Waals surface area (Å²) in [5, 5.41) is 10.8. The molecule has 1 atom stereocenters. The first kappa shape index (κ1) is 19.6. The van der Waals surface area contributed by atoms with E-state index in [0.29, 0.717) is 6.54 Å². The fourth-order valence-electron chi connectivity index (χ4n) is 2.51. The number of rotatable bonds is 9. The summed E-state index contributed by atoms with van der Waals surface area (Å²) in [5.41, 5.74) is 1.25. The van der Waals surface area contributed by atoms with Gasteiger partial charge in [0, 0.05) is 32.9 Å². The molecule has 0 aliphatic carbocycles. The van der Waals surface area contributed by atoms with Gasteiger partial charge < -0.3 is 20.1 Å². The monoisotopic (exact) mass is 359 g/mol. The lowest BCUT2D eigenvalue weighted by Gasteiger charge is -2.18. The van der Waals surface area contributed by atoms with Crippen LogP contribution in [0.15, 0.2) is 41.7 Å². The Kier molecular flexibility index (Phi) is 7.79. The second-order valence-corrected chi connectivity index (χ2v) is 6.11. The van der Waals surface area contributed by atoms with E-state index in [-0.39, 0.29) is 6.10 Å². The highest BCUT2D eigenvalue weighted by Crippen LogP contribution is 2.19. The molecule has 1 unspecified atom stereocenters. The van der Waals surface area contributed by atoms with Gasteiger partial charge in [0.05, 0.1) is 19.9 Å². The summed E-state index contributed by atoms with van der Waals surface area (Å²) < 4.78 is 12.9. The van der Waals surface area contributed by atoms with Crippen molar-refractivity contribution < 1.29 is 9.47 Å². The lowest BCUT2D eigenvalue weighted by Crippen LogP contribution is -2.42. The van der Waals surface area contributed by atoms with Crippen molar-refractivity contribution in [2.24, 2.45) is 12.0 Å². The summed E-state index contributed by atoms with van der Waals surface area (Å²) in [6.45, 7) is 3.52. The van der Waals surface area contributed by atoms with Gasteiger partial charge in [-0.05, 0) is 37.5 Å². The number of methoxy groups -OCH3 is 1. The third kappa shape index (κ3) is 6.66. The number of nitrogens with one attached hydrogen (secondary N) is 2. The maximum Gasteiger partial charge on any atom is 0.191 e. The highest BCUT2D eigenvalue weighted by atomic mass is 16.5. The zero-order valence-electron chi connectivity index (χ0n) is 16.0. The maximum atomic E-state index is 5.90. The van der Waals surface area contributed by atoms with Crippen LogP contribution in [0.3, 0.4) is 0 Å². The molecule has 0 spiro atoms. The predicted molar refractivity (Wildman–Crippen MR) is 104 cm³/mol. The highest BCUT2D eigenvalue weighted by Gasteiger charge is 2.06. The molecule has 1 aromatic heterocycles. The Bertz CT molecular complexity index is 699. The molecule has 0 aliphatic heterocycles. The van der Waals surface area contributed by atoms with Crippen LogP contribution < -0.4 is 20.1 Å². The minimum Gasteiger partial charge on any atom is -0.497 e. The number of ether oxygens (including phenoxy) is 2. The number of hydrogen-bond donors (Lipinski definition) is 2. The van der Waals surface area contributed by atoms with Crippen LogP contribution in [-0.4, -0.2) is 49.1 Å². The molecule has 7 heteroatoms. The quantitative estimate of drug-likeness (QED) is 0.407. The Morgan fingerprint density at radius 2 is 2.12 bits per heavy atom. The van der Waals surface area contributed by atoms with Crippen LogP contribution >= 0.6 is 0 Å². The average molecular weight is 359 g/mol. The summed E-state index contributed by atoms with van der Waals surface area (Å²) >= 11 is 0. The normalized spacial score (nSPS) is 12.5. The van der Waals surface area contributed by atoms with Gasteiger partial charge in [0.2, 0.25) is 0 Å². The minimum absolute atomic E-state index is 0.00366. The number of guanidine groups is 1. The van der Waals surface area contributed by atoms with Crippen LogP contribution in [0.1, 0.15) is 18.9 Å². The number of benzene rings is 1. The summed E-state index contributed by atoms with van der Waals surface area (Å²) in [7, 11) is 5.35. The van der Waals surface area contributed by atoms with Crippen molar-refractivity contribution in [2.45, 2.75) is 25.9 Å². The van der Waals surface area contributed by atoms with E-state index in [1.165, 1.54) is 5.56 Å². The van der Waals surface area contributed by atoms with Crippen LogP contribution in [0.5, 0.6) is 11.5 Å². The van der Waals surface area contributed by atoms with Crippen LogP contribution in [0.4, 0.5) is 0 Å². The molecule has 0 bridgehead atoms. The van der Waals surface area contributed by atoms with Gasteiger partial charge in [0.15, 0.2) is 5.96 Å². The zero-order chi connectivity index (χ0) is 18.8. The Hall–Kier alpha value is -2.70. The molecule has 7 nitrogen and oxygen atoms in total. The first-order valence-electron chi connectivity index (χ1n) is 8.83. The molecular weight excluding hydrogens is 330 g/mol. The Balaban J connectivity index is 1.67. The standard InChI is InChI=1S/C19H29N5O2/c1-15(26-18-9-5-8-17(11-18)25-4)12-22-19(20-2)21-10-6-7-16-13-23-24(3)14-16/h5,8-9,11,13-15H,6-7,10,12H2,1-4H3,(H2,20,21,22). The number of aryl methyl sites for hydroxylation is 2. The molecule has 142 valence electrons. The van der Waals surface area contributed by atoms with E-state index in [4.69, 9.17) is 9.47 Å². The number of aliphatic imine (C=N–C) groups is 1. The van der Waals surface area contributed by atoms with Crippen molar-refractivity contribution in [3.8, 4) is 11.5 Å². The largest absolute Gasteiger partial charge is 0.497 e. The first-order chi connectivity index (χ1) is 12.6. The minimum atomic E-state index is -0.00366. The van der Waals surface area contributed by atoms with Crippen molar-refractivity contribution in [3.63, 3.8) is 0 Å². The second-order valence-electron chi connectivity index (χ2n) is 6.11. The third-order valence-electron chi connectivity index (χ3n) is 3.85. The lowest BCUT2D eigenvalue weighted by molar-refractivity contribution is 0.223. The summed E-state index contributed by atoms with van der Waals surface area (Å²) in [5.74, 6) is 2.35. The summed E-state index contributed by atoms with van der Waals surface area (Å²) in [4.78, 5) is 4.25. The van der Waals surface area contributed by atoms with Crippen molar-refractivity contribution in [2.75, 3.05) is 27.2 Å². The second kappa shape index (κ2) is 10.3. The molecule has 1 aromatic carbocycles. The molecule has 0 fully saturated rings. The van der Waals surface area contributed by atoms with Crippen LogP contribution in [-0.2, 0) is 13.5 Å². The fourth-order valence-corrected chi connectivity index (χ4v) is 2.51. The van der Waals surface area contributed by atoms with Gasteiger partial charge in [0.25, 0.3) is 0 Å². The van der Waals surface area contributed by atoms with E-state index in [9.17, 15) is 0 Å². The van der Waals surface area contributed by atoms with Crippen molar-refractivity contribution in [1.82, 2.24) is 20.4 Å². The van der Waals surface area contributed by atoms with Gasteiger partial charge in [0.1, 0.15) is 17.6 Å². The van der Waals surface area contributed by atoms with Gasteiger partial charge in [-0.3, -0.25) is 9.67 Å². The molecule has 2 N–H and O–H groups in total. The molecule has 0 radical (unpaired) electrons. The van der Waals surface area contributed by atoms with Crippen molar-refractivity contribution >= 4 is 5.96 Å². The Morgan fingerprint density at radius 1 is 1.31 bits per heavy atom. The SMILES string of the molecule is CN=C(NCCCc1cnn(C)c1)NCC(C)Oc1cccc(OC)c1. The Morgan fingerprint density at radius 3 is 2.81 bits per heavy atom. The van der Waals surface area contributed by atoms with E-state index in [0.717, 1.165) is 36.8 Å². The predicted octanol–water partition coefficient (Wildman–Crippen LogP) is 1.99. The number of nitrogens with zero attached hydrogens (tertiary/aromatic N) is 3. The molecule has 26 heavy (non-hydrogen) atoms. The maximum absolute atomic E-state index is 5.90. The van der Waals surface area contributed by atoms with E-state index in [1.807, 2.05) is 55.3 Å². The molecule has 2 aromatic rings. The first-order valence-corrected chi connectivity index (χ1v) is 8.83. The van der Waals surface area contributed by atoms with E-state index < -0.39 is 0 Å². The highest BCUT2D eigenvalue weighted by molar-refractivity contribution is 5.79. The van der Waals surface area contributed by atoms with Gasteiger partial charge in [-0.15, -0.1) is 0 Å². The zero-order valence-corrected chi connectivity index (χ0v) is 16.0. The van der Waals surface area contributed by atoms with Crippen molar-refractivity contribution in [3.05, 3.63) is 42.2 Å². The van der Waals surface area contributed by atoms with E-state index in [2.05, 4.69) is 20.7 Å². The fraction of sp³-hybridized carbons (Fsp3) is 0.474. The van der Waals surface area contributed by atoms with E-state index in [1.54, 1.807) is 14.2 Å². The molecule has 0 amide bonds. The van der Waals surface area contributed by atoms with Crippen LogP contribution in [0.2, 0.25) is 0 Å².